The van der Waals surface area contributed by atoms with Crippen LogP contribution in [-0.2, 0) is 22.6 Å². The molecule has 0 radical (unpaired) electrons. The minimum absolute atomic E-state index is 0.0259. The molecule has 7 heteroatoms. The lowest BCUT2D eigenvalue weighted by atomic mass is 10.0. The van der Waals surface area contributed by atoms with Crippen LogP contribution in [0.1, 0.15) is 30.7 Å². The molecule has 0 aliphatic rings. The number of aliphatic carboxylic acids is 1. The van der Waals surface area contributed by atoms with Crippen molar-refractivity contribution in [2.24, 2.45) is 5.73 Å². The van der Waals surface area contributed by atoms with Crippen molar-refractivity contribution in [3.05, 3.63) is 89.6 Å². The van der Waals surface area contributed by atoms with Gasteiger partial charge in [0.05, 0.1) is 29.7 Å². The number of carboxylic acids is 1. The first-order valence-corrected chi connectivity index (χ1v) is 10.5. The average molecular weight is 441 g/mol. The highest BCUT2D eigenvalue weighted by molar-refractivity contribution is 6.20. The zero-order valence-corrected chi connectivity index (χ0v) is 18.4. The monoisotopic (exact) mass is 440 g/mol. The number of nitrogens with zero attached hydrogens (tertiary/aromatic N) is 3. The number of nitrogens with two attached hydrogens (primary N) is 1. The number of ketones is 1. The summed E-state index contributed by atoms with van der Waals surface area (Å²) in [4.78, 5) is 32.3. The Balaban J connectivity index is 1.86. The largest absolute Gasteiger partial charge is 0.481 e. The van der Waals surface area contributed by atoms with E-state index in [1.165, 1.54) is 6.92 Å². The van der Waals surface area contributed by atoms with Crippen molar-refractivity contribution >= 4 is 28.4 Å². The lowest BCUT2D eigenvalue weighted by molar-refractivity contribution is -0.136. The third kappa shape index (κ3) is 4.67. The molecule has 0 fully saturated rings. The summed E-state index contributed by atoms with van der Waals surface area (Å²) in [5.41, 5.74) is 12.6. The number of carbonyl (C=O) groups is 2. The van der Waals surface area contributed by atoms with Gasteiger partial charge in [-0.3, -0.25) is 19.6 Å². The third-order valence-electron chi connectivity index (χ3n) is 5.43. The summed E-state index contributed by atoms with van der Waals surface area (Å²) in [7, 11) is 0. The summed E-state index contributed by atoms with van der Waals surface area (Å²) < 4.78 is 2.05. The zero-order chi connectivity index (χ0) is 23.5. The van der Waals surface area contributed by atoms with Gasteiger partial charge in [-0.25, -0.2) is 0 Å². The predicted molar refractivity (Wildman–Crippen MR) is 127 cm³/mol. The normalized spacial score (nSPS) is 11.9. The number of Topliss-reactive ketones (excluding diaryl/α,β-unsaturated/α-hetero) is 1. The second kappa shape index (κ2) is 9.08. The second-order valence-corrected chi connectivity index (χ2v) is 7.97. The van der Waals surface area contributed by atoms with E-state index in [-0.39, 0.29) is 12.2 Å². The van der Waals surface area contributed by atoms with Gasteiger partial charge >= 0.3 is 5.97 Å². The first kappa shape index (κ1) is 22.0. The standard InChI is InChI=1S/C26H24N4O3/c1-16(27)25(17(2)31)20-12-23-26(29-13-20)22(15-30(23)14-21-5-3-4-10-28-21)19-8-6-18(7-9-19)11-24(32)33/h3-10,12-13,15H,11,14,27H2,1-2H3,(H,32,33)/b25-16+. The van der Waals surface area contributed by atoms with Crippen LogP contribution in [0, 0.1) is 0 Å². The van der Waals surface area contributed by atoms with Gasteiger partial charge < -0.3 is 15.4 Å². The summed E-state index contributed by atoms with van der Waals surface area (Å²) in [6, 6.07) is 15.1. The van der Waals surface area contributed by atoms with E-state index in [9.17, 15) is 9.59 Å². The Kier molecular flexibility index (Phi) is 6.04. The van der Waals surface area contributed by atoms with Gasteiger partial charge in [0, 0.05) is 41.0 Å². The van der Waals surface area contributed by atoms with Gasteiger partial charge in [0.15, 0.2) is 5.78 Å². The Bertz CT molecular complexity index is 1370. The molecule has 166 valence electrons. The molecule has 3 heterocycles. The van der Waals surface area contributed by atoms with Crippen molar-refractivity contribution in [2.45, 2.75) is 26.8 Å². The molecule has 4 aromatic rings. The van der Waals surface area contributed by atoms with Crippen molar-refractivity contribution in [1.29, 1.82) is 0 Å². The van der Waals surface area contributed by atoms with E-state index in [2.05, 4.69) is 9.55 Å². The van der Waals surface area contributed by atoms with E-state index in [1.807, 2.05) is 54.7 Å². The molecule has 0 spiro atoms. The van der Waals surface area contributed by atoms with Gasteiger partial charge in [-0.05, 0) is 43.2 Å². The molecule has 33 heavy (non-hydrogen) atoms. The van der Waals surface area contributed by atoms with E-state index in [4.69, 9.17) is 15.8 Å². The molecule has 7 nitrogen and oxygen atoms in total. The van der Waals surface area contributed by atoms with Crippen molar-refractivity contribution in [2.75, 3.05) is 0 Å². The zero-order valence-electron chi connectivity index (χ0n) is 18.4. The number of allylic oxidation sites excluding steroid dienone is 2. The fraction of sp³-hybridized carbons (Fsp3) is 0.154. The van der Waals surface area contributed by atoms with Crippen LogP contribution in [0.2, 0.25) is 0 Å². The highest BCUT2D eigenvalue weighted by atomic mass is 16.4. The molecule has 4 rings (SSSR count). The number of carbonyl (C=O) groups excluding carboxylic acids is 1. The van der Waals surface area contributed by atoms with E-state index in [0.717, 1.165) is 33.4 Å². The van der Waals surface area contributed by atoms with Gasteiger partial charge in [0.2, 0.25) is 0 Å². The van der Waals surface area contributed by atoms with E-state index in [0.29, 0.717) is 23.4 Å². The van der Waals surface area contributed by atoms with Crippen LogP contribution >= 0.6 is 0 Å². The molecule has 0 aliphatic heterocycles. The predicted octanol–water partition coefficient (Wildman–Crippen LogP) is 4.05. The first-order valence-electron chi connectivity index (χ1n) is 10.5. The molecular formula is C26H24N4O3. The first-order chi connectivity index (χ1) is 15.8. The fourth-order valence-corrected chi connectivity index (χ4v) is 4.00. The number of aromatic nitrogens is 3. The summed E-state index contributed by atoms with van der Waals surface area (Å²) in [6.45, 7) is 3.73. The molecule has 0 aliphatic carbocycles. The number of fused-ring (bicyclic) bond motifs is 1. The molecular weight excluding hydrogens is 416 g/mol. The van der Waals surface area contributed by atoms with Gasteiger partial charge in [-0.1, -0.05) is 30.3 Å². The maximum absolute atomic E-state index is 12.2. The number of carboxylic acid groups (broad SMARTS) is 1. The molecule has 0 bridgehead atoms. The maximum Gasteiger partial charge on any atom is 0.307 e. The van der Waals surface area contributed by atoms with Gasteiger partial charge in [-0.2, -0.15) is 0 Å². The van der Waals surface area contributed by atoms with Crippen LogP contribution in [0.25, 0.3) is 27.7 Å². The maximum atomic E-state index is 12.2. The molecule has 0 saturated heterocycles. The number of pyridine rings is 2. The van der Waals surface area contributed by atoms with Crippen molar-refractivity contribution < 1.29 is 14.7 Å². The summed E-state index contributed by atoms with van der Waals surface area (Å²) in [6.07, 6.45) is 5.40. The van der Waals surface area contributed by atoms with E-state index < -0.39 is 5.97 Å². The van der Waals surface area contributed by atoms with Crippen LogP contribution in [0.3, 0.4) is 0 Å². The average Bonchev–Trinajstić information content (AvgIpc) is 3.12. The van der Waals surface area contributed by atoms with Gasteiger partial charge in [0.1, 0.15) is 0 Å². The molecule has 0 saturated carbocycles. The van der Waals surface area contributed by atoms with Crippen LogP contribution in [0.15, 0.2) is 72.8 Å². The molecule has 0 atom stereocenters. The molecule has 3 N–H and O–H groups in total. The lowest BCUT2D eigenvalue weighted by Crippen LogP contribution is -2.06. The quantitative estimate of drug-likeness (QED) is 0.419. The van der Waals surface area contributed by atoms with Crippen LogP contribution in [0.4, 0.5) is 0 Å². The third-order valence-corrected chi connectivity index (χ3v) is 5.43. The summed E-state index contributed by atoms with van der Waals surface area (Å²) in [5.74, 6) is -0.985. The molecule has 3 aromatic heterocycles. The highest BCUT2D eigenvalue weighted by Gasteiger charge is 2.17. The topological polar surface area (TPSA) is 111 Å². The smallest absolute Gasteiger partial charge is 0.307 e. The SMILES string of the molecule is CC(=O)/C(=C(/C)N)c1cnc2c(-c3ccc(CC(=O)O)cc3)cn(Cc3ccccn3)c2c1. The fourth-order valence-electron chi connectivity index (χ4n) is 4.00. The van der Waals surface area contributed by atoms with E-state index in [1.54, 1.807) is 19.3 Å². The minimum atomic E-state index is -0.867. The molecule has 0 unspecified atom stereocenters. The Morgan fingerprint density at radius 2 is 1.82 bits per heavy atom. The van der Waals surface area contributed by atoms with Crippen molar-refractivity contribution in [3.63, 3.8) is 0 Å². The Morgan fingerprint density at radius 1 is 1.06 bits per heavy atom. The minimum Gasteiger partial charge on any atom is -0.481 e. The van der Waals surface area contributed by atoms with Crippen molar-refractivity contribution in [3.8, 4) is 11.1 Å². The van der Waals surface area contributed by atoms with E-state index >= 15 is 0 Å². The number of rotatable bonds is 7. The lowest BCUT2D eigenvalue weighted by Gasteiger charge is -2.09. The highest BCUT2D eigenvalue weighted by Crippen LogP contribution is 2.32. The Hall–Kier alpha value is -4.26. The number of benzene rings is 1. The van der Waals surface area contributed by atoms with Crippen LogP contribution in [0.5, 0.6) is 0 Å². The van der Waals surface area contributed by atoms with Crippen molar-refractivity contribution in [1.82, 2.24) is 14.5 Å². The Morgan fingerprint density at radius 3 is 2.42 bits per heavy atom. The van der Waals surface area contributed by atoms with Gasteiger partial charge in [0.25, 0.3) is 0 Å². The van der Waals surface area contributed by atoms with Crippen LogP contribution in [-0.4, -0.2) is 31.4 Å². The summed E-state index contributed by atoms with van der Waals surface area (Å²) in [5, 5.41) is 9.03. The number of hydrogen-bond acceptors (Lipinski definition) is 5. The Labute approximate surface area is 191 Å². The molecule has 0 amide bonds. The van der Waals surface area contributed by atoms with Crippen LogP contribution < -0.4 is 5.73 Å². The second-order valence-electron chi connectivity index (χ2n) is 7.97. The number of hydrogen-bond donors (Lipinski definition) is 2. The summed E-state index contributed by atoms with van der Waals surface area (Å²) >= 11 is 0. The van der Waals surface area contributed by atoms with Gasteiger partial charge in [-0.15, -0.1) is 0 Å². The molecule has 1 aromatic carbocycles.